The van der Waals surface area contributed by atoms with E-state index in [1.807, 2.05) is 42.3 Å². The molecule has 0 unspecified atom stereocenters. The zero-order valence-corrected chi connectivity index (χ0v) is 14.8. The maximum atomic E-state index is 9.63. The molecule has 0 bridgehead atoms. The van der Waals surface area contributed by atoms with Gasteiger partial charge in [-0.25, -0.2) is 0 Å². The SMILES string of the molecule is Cc1cc(C)n(Cc2nnc(N3CCc4cc(O)ccc4C3)n2C)n1. The number of fused-ring (bicyclic) bond motifs is 1. The predicted octanol–water partition coefficient (Wildman–Crippen LogP) is 1.95. The highest BCUT2D eigenvalue weighted by Gasteiger charge is 2.22. The summed E-state index contributed by atoms with van der Waals surface area (Å²) < 4.78 is 4.00. The number of rotatable bonds is 3. The Morgan fingerprint density at radius 2 is 1.96 bits per heavy atom. The molecule has 0 fully saturated rings. The molecule has 7 heteroatoms. The summed E-state index contributed by atoms with van der Waals surface area (Å²) in [6, 6.07) is 7.66. The Morgan fingerprint density at radius 1 is 1.12 bits per heavy atom. The summed E-state index contributed by atoms with van der Waals surface area (Å²) in [5.74, 6) is 2.09. The Labute approximate surface area is 146 Å². The number of hydrogen-bond donors (Lipinski definition) is 1. The molecule has 0 saturated carbocycles. The second kappa shape index (κ2) is 5.91. The van der Waals surface area contributed by atoms with E-state index in [2.05, 4.69) is 26.3 Å². The Kier molecular flexibility index (Phi) is 3.71. The van der Waals surface area contributed by atoms with Crippen molar-refractivity contribution in [3.05, 3.63) is 52.6 Å². The summed E-state index contributed by atoms with van der Waals surface area (Å²) in [6.07, 6.45) is 0.892. The molecule has 25 heavy (non-hydrogen) atoms. The summed E-state index contributed by atoms with van der Waals surface area (Å²) in [7, 11) is 2.00. The zero-order valence-electron chi connectivity index (χ0n) is 14.8. The molecule has 1 aromatic carbocycles. The van der Waals surface area contributed by atoms with Gasteiger partial charge in [-0.15, -0.1) is 10.2 Å². The summed E-state index contributed by atoms with van der Waals surface area (Å²) in [6.45, 7) is 6.30. The van der Waals surface area contributed by atoms with Crippen LogP contribution in [0.4, 0.5) is 5.95 Å². The topological polar surface area (TPSA) is 72.0 Å². The van der Waals surface area contributed by atoms with Crippen LogP contribution in [0, 0.1) is 13.8 Å². The van der Waals surface area contributed by atoms with Crippen LogP contribution in [-0.2, 0) is 26.6 Å². The van der Waals surface area contributed by atoms with Crippen LogP contribution in [0.3, 0.4) is 0 Å². The summed E-state index contributed by atoms with van der Waals surface area (Å²) >= 11 is 0. The molecule has 7 nitrogen and oxygen atoms in total. The van der Waals surface area contributed by atoms with Crippen molar-refractivity contribution in [2.75, 3.05) is 11.4 Å². The summed E-state index contributed by atoms with van der Waals surface area (Å²) in [4.78, 5) is 2.23. The van der Waals surface area contributed by atoms with Crippen LogP contribution in [0.2, 0.25) is 0 Å². The van der Waals surface area contributed by atoms with Gasteiger partial charge in [0.1, 0.15) is 12.3 Å². The molecular formula is C18H22N6O. The van der Waals surface area contributed by atoms with E-state index >= 15 is 0 Å². The van der Waals surface area contributed by atoms with E-state index in [0.29, 0.717) is 12.3 Å². The molecule has 3 heterocycles. The summed E-state index contributed by atoms with van der Waals surface area (Å²) in [5.41, 5.74) is 4.57. The van der Waals surface area contributed by atoms with Gasteiger partial charge >= 0.3 is 0 Å². The van der Waals surface area contributed by atoms with Crippen molar-refractivity contribution in [1.82, 2.24) is 24.5 Å². The molecular weight excluding hydrogens is 316 g/mol. The van der Waals surface area contributed by atoms with Crippen molar-refractivity contribution in [1.29, 1.82) is 0 Å². The number of hydrogen-bond acceptors (Lipinski definition) is 5. The Hall–Kier alpha value is -2.83. The minimum atomic E-state index is 0.332. The van der Waals surface area contributed by atoms with Crippen molar-refractivity contribution in [3.8, 4) is 5.75 Å². The highest BCUT2D eigenvalue weighted by molar-refractivity contribution is 5.43. The van der Waals surface area contributed by atoms with E-state index < -0.39 is 0 Å². The molecule has 0 saturated heterocycles. The number of benzene rings is 1. The van der Waals surface area contributed by atoms with E-state index in [1.54, 1.807) is 6.07 Å². The van der Waals surface area contributed by atoms with Crippen LogP contribution in [-0.4, -0.2) is 36.2 Å². The molecule has 1 aliphatic heterocycles. The smallest absolute Gasteiger partial charge is 0.227 e. The second-order valence-corrected chi connectivity index (χ2v) is 6.68. The number of phenolic OH excluding ortho intramolecular Hbond substituents is 1. The van der Waals surface area contributed by atoms with Gasteiger partial charge in [0.05, 0.1) is 5.69 Å². The fraction of sp³-hybridized carbons (Fsp3) is 0.389. The van der Waals surface area contributed by atoms with Crippen LogP contribution in [0.25, 0.3) is 0 Å². The van der Waals surface area contributed by atoms with E-state index in [4.69, 9.17) is 0 Å². The number of aryl methyl sites for hydroxylation is 2. The van der Waals surface area contributed by atoms with E-state index in [1.165, 1.54) is 11.1 Å². The first-order chi connectivity index (χ1) is 12.0. The van der Waals surface area contributed by atoms with Crippen molar-refractivity contribution in [3.63, 3.8) is 0 Å². The average Bonchev–Trinajstić information content (AvgIpc) is 3.10. The standard InChI is InChI=1S/C18H22N6O/c1-12-8-13(2)24(21-12)11-17-19-20-18(22(17)3)23-7-6-14-9-16(25)5-4-15(14)10-23/h4-5,8-9,25H,6-7,10-11H2,1-3H3. The maximum absolute atomic E-state index is 9.63. The molecule has 0 spiro atoms. The van der Waals surface area contributed by atoms with Gasteiger partial charge in [-0.05, 0) is 49.6 Å². The summed E-state index contributed by atoms with van der Waals surface area (Å²) in [5, 5.41) is 22.9. The number of phenols is 1. The van der Waals surface area contributed by atoms with Gasteiger partial charge in [-0.1, -0.05) is 6.07 Å². The number of aromatic nitrogens is 5. The van der Waals surface area contributed by atoms with Crippen molar-refractivity contribution < 1.29 is 5.11 Å². The molecule has 3 aromatic rings. The van der Waals surface area contributed by atoms with Gasteiger partial charge in [-0.3, -0.25) is 9.25 Å². The highest BCUT2D eigenvalue weighted by Crippen LogP contribution is 2.26. The average molecular weight is 338 g/mol. The van der Waals surface area contributed by atoms with Crippen LogP contribution < -0.4 is 4.90 Å². The normalized spacial score (nSPS) is 14.0. The quantitative estimate of drug-likeness (QED) is 0.790. The van der Waals surface area contributed by atoms with Crippen LogP contribution >= 0.6 is 0 Å². The highest BCUT2D eigenvalue weighted by atomic mass is 16.3. The maximum Gasteiger partial charge on any atom is 0.227 e. The lowest BCUT2D eigenvalue weighted by atomic mass is 10.00. The van der Waals surface area contributed by atoms with Gasteiger partial charge in [0, 0.05) is 25.8 Å². The lowest BCUT2D eigenvalue weighted by Gasteiger charge is -2.29. The lowest BCUT2D eigenvalue weighted by molar-refractivity contribution is 0.473. The van der Waals surface area contributed by atoms with E-state index in [-0.39, 0.29) is 0 Å². The molecule has 4 rings (SSSR count). The number of aromatic hydroxyl groups is 1. The monoisotopic (exact) mass is 338 g/mol. The largest absolute Gasteiger partial charge is 0.508 e. The second-order valence-electron chi connectivity index (χ2n) is 6.68. The molecule has 1 aliphatic rings. The molecule has 1 N–H and O–H groups in total. The minimum Gasteiger partial charge on any atom is -0.508 e. The Morgan fingerprint density at radius 3 is 2.72 bits per heavy atom. The van der Waals surface area contributed by atoms with Crippen molar-refractivity contribution >= 4 is 5.95 Å². The number of anilines is 1. The predicted molar refractivity (Wildman–Crippen MR) is 94.7 cm³/mol. The Bertz CT molecular complexity index is 926. The van der Waals surface area contributed by atoms with E-state index in [0.717, 1.165) is 42.7 Å². The van der Waals surface area contributed by atoms with Crippen LogP contribution in [0.15, 0.2) is 24.3 Å². The van der Waals surface area contributed by atoms with Crippen LogP contribution in [0.1, 0.15) is 28.3 Å². The molecule has 0 amide bonds. The molecule has 0 atom stereocenters. The molecule has 130 valence electrons. The first-order valence-electron chi connectivity index (χ1n) is 8.46. The first-order valence-corrected chi connectivity index (χ1v) is 8.46. The number of nitrogens with zero attached hydrogens (tertiary/aromatic N) is 6. The van der Waals surface area contributed by atoms with Crippen LogP contribution in [0.5, 0.6) is 5.75 Å². The third-order valence-electron chi connectivity index (χ3n) is 4.82. The van der Waals surface area contributed by atoms with Crippen molar-refractivity contribution in [2.45, 2.75) is 33.4 Å². The minimum absolute atomic E-state index is 0.332. The van der Waals surface area contributed by atoms with Gasteiger partial charge in [-0.2, -0.15) is 5.10 Å². The van der Waals surface area contributed by atoms with Gasteiger partial charge in [0.15, 0.2) is 5.82 Å². The third kappa shape index (κ3) is 2.86. The van der Waals surface area contributed by atoms with E-state index in [9.17, 15) is 5.11 Å². The fourth-order valence-electron chi connectivity index (χ4n) is 3.44. The van der Waals surface area contributed by atoms with Gasteiger partial charge in [0.25, 0.3) is 0 Å². The zero-order chi connectivity index (χ0) is 17.6. The lowest BCUT2D eigenvalue weighted by Crippen LogP contribution is -2.32. The molecule has 0 aliphatic carbocycles. The first kappa shape index (κ1) is 15.7. The van der Waals surface area contributed by atoms with Crippen molar-refractivity contribution in [2.24, 2.45) is 7.05 Å². The van der Waals surface area contributed by atoms with Gasteiger partial charge in [0.2, 0.25) is 5.95 Å². The third-order valence-corrected chi connectivity index (χ3v) is 4.82. The Balaban J connectivity index is 1.57. The molecule has 2 aromatic heterocycles. The van der Waals surface area contributed by atoms with Gasteiger partial charge < -0.3 is 10.0 Å². The fourth-order valence-corrected chi connectivity index (χ4v) is 3.44. The molecule has 0 radical (unpaired) electrons.